The largest absolute Gasteiger partial charge is 0.354 e. The van der Waals surface area contributed by atoms with Gasteiger partial charge in [-0.25, -0.2) is 0 Å². The highest BCUT2D eigenvalue weighted by atomic mass is 32.1. The van der Waals surface area contributed by atoms with E-state index in [2.05, 4.69) is 29.8 Å². The highest BCUT2D eigenvalue weighted by molar-refractivity contribution is 7.09. The van der Waals surface area contributed by atoms with Crippen molar-refractivity contribution >= 4 is 11.3 Å². The second-order valence-corrected chi connectivity index (χ2v) is 4.44. The average Bonchev–Trinajstić information content (AvgIpc) is 2.72. The Morgan fingerprint density at radius 2 is 2.13 bits per heavy atom. The Kier molecular flexibility index (Phi) is 5.86. The lowest BCUT2D eigenvalue weighted by molar-refractivity contribution is -0.119. The minimum atomic E-state index is -0.173. The van der Waals surface area contributed by atoms with Crippen LogP contribution in [0.1, 0.15) is 11.8 Å². The summed E-state index contributed by atoms with van der Waals surface area (Å²) in [4.78, 5) is 1.40. The number of hydrogen-bond acceptors (Lipinski definition) is 4. The van der Waals surface area contributed by atoms with Crippen LogP contribution in [0.15, 0.2) is 17.5 Å². The average molecular weight is 229 g/mol. The maximum absolute atomic E-state index is 5.17. The molecule has 0 aliphatic carbocycles. The minimum absolute atomic E-state index is 0.173. The van der Waals surface area contributed by atoms with E-state index in [9.17, 15) is 0 Å². The van der Waals surface area contributed by atoms with E-state index in [-0.39, 0.29) is 12.3 Å². The molecule has 15 heavy (non-hydrogen) atoms. The van der Waals surface area contributed by atoms with E-state index in [0.29, 0.717) is 0 Å². The molecule has 1 aromatic rings. The van der Waals surface area contributed by atoms with Gasteiger partial charge in [0.05, 0.1) is 6.04 Å². The summed E-state index contributed by atoms with van der Waals surface area (Å²) in [6.45, 7) is 3.01. The molecule has 1 atom stereocenters. The third-order valence-corrected chi connectivity index (χ3v) is 3.23. The van der Waals surface area contributed by atoms with Gasteiger partial charge in [0.2, 0.25) is 0 Å². The topological polar surface area (TPSA) is 30.5 Å². The van der Waals surface area contributed by atoms with Crippen LogP contribution in [0.3, 0.4) is 0 Å². The Labute approximate surface area is 95.4 Å². The predicted molar refractivity (Wildman–Crippen MR) is 63.3 cm³/mol. The van der Waals surface area contributed by atoms with Crippen molar-refractivity contribution in [1.29, 1.82) is 0 Å². The molecule has 3 nitrogen and oxygen atoms in total. The summed E-state index contributed by atoms with van der Waals surface area (Å²) < 4.78 is 10.3. The fourth-order valence-electron chi connectivity index (χ4n) is 1.48. The Hall–Kier alpha value is -0.420. The van der Waals surface area contributed by atoms with Crippen LogP contribution in [0.2, 0.25) is 0 Å². The Morgan fingerprint density at radius 1 is 1.40 bits per heavy atom. The van der Waals surface area contributed by atoms with Gasteiger partial charge >= 0.3 is 0 Å². The lowest BCUT2D eigenvalue weighted by Gasteiger charge is -2.21. The standard InChI is InChI=1S/C11H19NO2S/c1-9(11(13-2)14-3)12-7-6-10-5-4-8-15-10/h4-5,8-9,11-12H,6-7H2,1-3H3. The van der Waals surface area contributed by atoms with Crippen molar-refractivity contribution in [2.45, 2.75) is 25.7 Å². The number of rotatable bonds is 7. The zero-order valence-corrected chi connectivity index (χ0v) is 10.3. The van der Waals surface area contributed by atoms with Crippen LogP contribution in [0.5, 0.6) is 0 Å². The van der Waals surface area contributed by atoms with Gasteiger partial charge in [-0.05, 0) is 24.8 Å². The van der Waals surface area contributed by atoms with Gasteiger partial charge in [0.1, 0.15) is 0 Å². The Morgan fingerprint density at radius 3 is 2.67 bits per heavy atom. The van der Waals surface area contributed by atoms with E-state index >= 15 is 0 Å². The lowest BCUT2D eigenvalue weighted by Crippen LogP contribution is -2.40. The maximum Gasteiger partial charge on any atom is 0.171 e. The van der Waals surface area contributed by atoms with E-state index in [1.54, 1.807) is 25.6 Å². The summed E-state index contributed by atoms with van der Waals surface area (Å²) >= 11 is 1.79. The Balaban J connectivity index is 2.19. The molecule has 0 saturated heterocycles. The third kappa shape index (κ3) is 4.30. The molecule has 0 bridgehead atoms. The van der Waals surface area contributed by atoms with Crippen molar-refractivity contribution in [3.63, 3.8) is 0 Å². The summed E-state index contributed by atoms with van der Waals surface area (Å²) in [6, 6.07) is 4.44. The van der Waals surface area contributed by atoms with Crippen LogP contribution in [-0.4, -0.2) is 33.1 Å². The summed E-state index contributed by atoms with van der Waals surface area (Å²) in [5.41, 5.74) is 0. The molecule has 0 aromatic carbocycles. The molecule has 0 amide bonds. The maximum atomic E-state index is 5.17. The molecule has 0 radical (unpaired) electrons. The van der Waals surface area contributed by atoms with Gasteiger partial charge in [0.25, 0.3) is 0 Å². The molecule has 0 aliphatic heterocycles. The van der Waals surface area contributed by atoms with Crippen LogP contribution in [0.4, 0.5) is 0 Å². The molecular formula is C11H19NO2S. The quantitative estimate of drug-likeness (QED) is 0.724. The molecule has 4 heteroatoms. The van der Waals surface area contributed by atoms with Crippen molar-refractivity contribution in [2.24, 2.45) is 0 Å². The van der Waals surface area contributed by atoms with Gasteiger partial charge in [0, 0.05) is 25.6 Å². The molecule has 1 N–H and O–H groups in total. The molecular weight excluding hydrogens is 210 g/mol. The fourth-order valence-corrected chi connectivity index (χ4v) is 2.19. The summed E-state index contributed by atoms with van der Waals surface area (Å²) in [6.07, 6.45) is 0.885. The van der Waals surface area contributed by atoms with E-state index < -0.39 is 0 Å². The van der Waals surface area contributed by atoms with Crippen molar-refractivity contribution in [1.82, 2.24) is 5.32 Å². The first kappa shape index (κ1) is 12.6. The highest BCUT2D eigenvalue weighted by Gasteiger charge is 2.14. The summed E-state index contributed by atoms with van der Waals surface area (Å²) in [5, 5.41) is 5.48. The van der Waals surface area contributed by atoms with Crippen LogP contribution >= 0.6 is 11.3 Å². The number of nitrogens with one attached hydrogen (secondary N) is 1. The first-order chi connectivity index (χ1) is 7.27. The zero-order valence-electron chi connectivity index (χ0n) is 9.53. The lowest BCUT2D eigenvalue weighted by atomic mass is 10.3. The zero-order chi connectivity index (χ0) is 11.1. The van der Waals surface area contributed by atoms with Crippen LogP contribution in [0.25, 0.3) is 0 Å². The van der Waals surface area contributed by atoms with Crippen molar-refractivity contribution < 1.29 is 9.47 Å². The molecule has 86 valence electrons. The van der Waals surface area contributed by atoms with E-state index in [4.69, 9.17) is 9.47 Å². The second-order valence-electron chi connectivity index (χ2n) is 3.41. The minimum Gasteiger partial charge on any atom is -0.354 e. The molecule has 1 heterocycles. The predicted octanol–water partition coefficient (Wildman–Crippen LogP) is 1.89. The second kappa shape index (κ2) is 6.95. The molecule has 1 rings (SSSR count). The normalized spacial score (nSPS) is 13.3. The van der Waals surface area contributed by atoms with Crippen molar-refractivity contribution in [2.75, 3.05) is 20.8 Å². The van der Waals surface area contributed by atoms with Crippen LogP contribution < -0.4 is 5.32 Å². The number of hydrogen-bond donors (Lipinski definition) is 1. The van der Waals surface area contributed by atoms with Gasteiger partial charge in [-0.15, -0.1) is 11.3 Å². The summed E-state index contributed by atoms with van der Waals surface area (Å²) in [5.74, 6) is 0. The SMILES string of the molecule is COC(OC)C(C)NCCc1cccs1. The van der Waals surface area contributed by atoms with Crippen LogP contribution in [0, 0.1) is 0 Å². The van der Waals surface area contributed by atoms with E-state index in [1.165, 1.54) is 4.88 Å². The van der Waals surface area contributed by atoms with Gasteiger partial charge < -0.3 is 14.8 Å². The monoisotopic (exact) mass is 229 g/mol. The first-order valence-corrected chi connectivity index (χ1v) is 5.97. The third-order valence-electron chi connectivity index (χ3n) is 2.29. The van der Waals surface area contributed by atoms with Gasteiger partial charge in [-0.2, -0.15) is 0 Å². The van der Waals surface area contributed by atoms with Crippen LogP contribution in [-0.2, 0) is 15.9 Å². The highest BCUT2D eigenvalue weighted by Crippen LogP contribution is 2.08. The number of ether oxygens (including phenoxy) is 2. The first-order valence-electron chi connectivity index (χ1n) is 5.09. The molecule has 0 fully saturated rings. The van der Waals surface area contributed by atoms with E-state index in [1.807, 2.05) is 0 Å². The van der Waals surface area contributed by atoms with Gasteiger partial charge in [-0.3, -0.25) is 0 Å². The smallest absolute Gasteiger partial charge is 0.171 e. The number of methoxy groups -OCH3 is 2. The fraction of sp³-hybridized carbons (Fsp3) is 0.636. The number of thiophene rings is 1. The van der Waals surface area contributed by atoms with Gasteiger partial charge in [-0.1, -0.05) is 6.07 Å². The van der Waals surface area contributed by atoms with E-state index in [0.717, 1.165) is 13.0 Å². The van der Waals surface area contributed by atoms with Crippen molar-refractivity contribution in [3.8, 4) is 0 Å². The molecule has 1 unspecified atom stereocenters. The molecule has 0 aliphatic rings. The Bertz CT molecular complexity index is 247. The summed E-state index contributed by atoms with van der Waals surface area (Å²) in [7, 11) is 3.32. The molecule has 0 spiro atoms. The molecule has 1 aromatic heterocycles. The van der Waals surface area contributed by atoms with Crippen molar-refractivity contribution in [3.05, 3.63) is 22.4 Å². The molecule has 0 saturated carbocycles. The van der Waals surface area contributed by atoms with Gasteiger partial charge in [0.15, 0.2) is 6.29 Å².